The minimum absolute atomic E-state index is 0.0334. The number of anilines is 1. The van der Waals surface area contributed by atoms with Gasteiger partial charge in [0.1, 0.15) is 5.75 Å². The third-order valence-electron chi connectivity index (χ3n) is 6.07. The highest BCUT2D eigenvalue weighted by Crippen LogP contribution is 2.31. The van der Waals surface area contributed by atoms with Crippen molar-refractivity contribution in [2.24, 2.45) is 5.92 Å². The molecular formula is C21H29N3O3. The number of para-hydroxylation sites is 2. The Morgan fingerprint density at radius 1 is 1.11 bits per heavy atom. The lowest BCUT2D eigenvalue weighted by Crippen LogP contribution is -2.47. The van der Waals surface area contributed by atoms with Crippen molar-refractivity contribution in [2.45, 2.75) is 44.6 Å². The highest BCUT2D eigenvalue weighted by Gasteiger charge is 2.29. The number of benzene rings is 1. The Kier molecular flexibility index (Phi) is 5.62. The number of likely N-dealkylation sites (tertiary alicyclic amines) is 1. The summed E-state index contributed by atoms with van der Waals surface area (Å²) in [6, 6.07) is 8.07. The number of fused-ring (bicyclic) bond motifs is 1. The molecule has 1 aromatic rings. The topological polar surface area (TPSA) is 61.9 Å². The lowest BCUT2D eigenvalue weighted by Gasteiger charge is -2.35. The molecule has 1 aliphatic carbocycles. The number of ether oxygens (including phenoxy) is 1. The molecule has 2 aliphatic heterocycles. The summed E-state index contributed by atoms with van der Waals surface area (Å²) in [6.07, 6.45) is 6.32. The van der Waals surface area contributed by atoms with Gasteiger partial charge in [-0.25, -0.2) is 0 Å². The van der Waals surface area contributed by atoms with Crippen molar-refractivity contribution in [3.8, 4) is 5.75 Å². The maximum absolute atomic E-state index is 12.2. The molecule has 2 fully saturated rings. The summed E-state index contributed by atoms with van der Waals surface area (Å²) in [4.78, 5) is 28.6. The molecule has 2 amide bonds. The molecule has 0 atom stereocenters. The Labute approximate surface area is 160 Å². The molecule has 0 aromatic heterocycles. The zero-order valence-electron chi connectivity index (χ0n) is 15.9. The van der Waals surface area contributed by atoms with Crippen molar-refractivity contribution in [1.29, 1.82) is 0 Å². The van der Waals surface area contributed by atoms with Crippen molar-refractivity contribution >= 4 is 17.5 Å². The summed E-state index contributed by atoms with van der Waals surface area (Å²) in [5.41, 5.74) is 0.881. The van der Waals surface area contributed by atoms with Crippen molar-refractivity contribution < 1.29 is 14.3 Å². The first kappa shape index (κ1) is 18.3. The minimum Gasteiger partial charge on any atom is -0.482 e. The quantitative estimate of drug-likeness (QED) is 0.833. The lowest BCUT2D eigenvalue weighted by atomic mass is 9.84. The van der Waals surface area contributed by atoms with Crippen LogP contribution in [0, 0.1) is 5.92 Å². The highest BCUT2D eigenvalue weighted by atomic mass is 16.5. The van der Waals surface area contributed by atoms with Crippen molar-refractivity contribution in [2.75, 3.05) is 37.7 Å². The molecule has 2 heterocycles. The summed E-state index contributed by atoms with van der Waals surface area (Å²) in [7, 11) is 0. The number of nitrogens with one attached hydrogen (secondary N) is 1. The zero-order valence-corrected chi connectivity index (χ0v) is 15.9. The van der Waals surface area contributed by atoms with Gasteiger partial charge in [0.05, 0.1) is 5.69 Å². The number of amides is 2. The van der Waals surface area contributed by atoms with Crippen LogP contribution in [0.15, 0.2) is 24.3 Å². The van der Waals surface area contributed by atoms with Crippen LogP contribution in [0.3, 0.4) is 0 Å². The van der Waals surface area contributed by atoms with Gasteiger partial charge in [0.2, 0.25) is 5.91 Å². The Morgan fingerprint density at radius 3 is 2.63 bits per heavy atom. The molecule has 0 unspecified atom stereocenters. The van der Waals surface area contributed by atoms with Crippen LogP contribution in [0.1, 0.15) is 38.5 Å². The fraction of sp³-hybridized carbons (Fsp3) is 0.619. The second-order valence-corrected chi connectivity index (χ2v) is 7.91. The number of nitrogens with zero attached hydrogens (tertiary/aromatic N) is 2. The van der Waals surface area contributed by atoms with Gasteiger partial charge in [-0.05, 0) is 50.8 Å². The predicted molar refractivity (Wildman–Crippen MR) is 104 cm³/mol. The van der Waals surface area contributed by atoms with Gasteiger partial charge in [-0.3, -0.25) is 9.59 Å². The van der Waals surface area contributed by atoms with Crippen LogP contribution in [0.4, 0.5) is 5.69 Å². The minimum atomic E-state index is 0.0334. The monoisotopic (exact) mass is 371 g/mol. The Morgan fingerprint density at radius 2 is 1.89 bits per heavy atom. The van der Waals surface area contributed by atoms with Gasteiger partial charge in [0.15, 0.2) is 6.61 Å². The molecule has 0 spiro atoms. The fourth-order valence-electron chi connectivity index (χ4n) is 4.14. The molecule has 1 aromatic carbocycles. The van der Waals surface area contributed by atoms with E-state index in [1.165, 1.54) is 6.42 Å². The van der Waals surface area contributed by atoms with E-state index in [1.807, 2.05) is 29.2 Å². The number of carbonyl (C=O) groups is 2. The SMILES string of the molecule is O=C(NC1CCN(CCCN2C(=O)COc3ccccc32)CC1)C1CCC1. The van der Waals surface area contributed by atoms with Gasteiger partial charge >= 0.3 is 0 Å². The molecule has 146 valence electrons. The van der Waals surface area contributed by atoms with E-state index in [9.17, 15) is 9.59 Å². The highest BCUT2D eigenvalue weighted by molar-refractivity contribution is 5.97. The molecular weight excluding hydrogens is 342 g/mol. The number of rotatable bonds is 6. The van der Waals surface area contributed by atoms with Crippen LogP contribution in [0.5, 0.6) is 5.75 Å². The molecule has 1 saturated carbocycles. The van der Waals surface area contributed by atoms with Crippen molar-refractivity contribution in [1.82, 2.24) is 10.2 Å². The second-order valence-electron chi connectivity index (χ2n) is 7.91. The number of piperidine rings is 1. The second kappa shape index (κ2) is 8.30. The summed E-state index contributed by atoms with van der Waals surface area (Å²) in [6.45, 7) is 3.86. The summed E-state index contributed by atoms with van der Waals surface area (Å²) in [5, 5.41) is 3.23. The molecule has 6 nitrogen and oxygen atoms in total. The summed E-state index contributed by atoms with van der Waals surface area (Å²) in [5.74, 6) is 1.37. The van der Waals surface area contributed by atoms with Crippen LogP contribution in [0.2, 0.25) is 0 Å². The Balaban J connectivity index is 1.19. The van der Waals surface area contributed by atoms with E-state index < -0.39 is 0 Å². The smallest absolute Gasteiger partial charge is 0.265 e. The predicted octanol–water partition coefficient (Wildman–Crippen LogP) is 2.18. The van der Waals surface area contributed by atoms with E-state index in [2.05, 4.69) is 10.2 Å². The molecule has 4 rings (SSSR count). The molecule has 0 radical (unpaired) electrons. The van der Waals surface area contributed by atoms with Crippen molar-refractivity contribution in [3.05, 3.63) is 24.3 Å². The van der Waals surface area contributed by atoms with Gasteiger partial charge in [-0.1, -0.05) is 18.6 Å². The molecule has 1 N–H and O–H groups in total. The van der Waals surface area contributed by atoms with E-state index in [4.69, 9.17) is 4.74 Å². The summed E-state index contributed by atoms with van der Waals surface area (Å²) < 4.78 is 5.50. The maximum atomic E-state index is 12.2. The molecule has 3 aliphatic rings. The molecule has 0 bridgehead atoms. The number of hydrogen-bond acceptors (Lipinski definition) is 4. The van der Waals surface area contributed by atoms with Gasteiger partial charge in [-0.2, -0.15) is 0 Å². The summed E-state index contributed by atoms with van der Waals surface area (Å²) >= 11 is 0. The van der Waals surface area contributed by atoms with Gasteiger partial charge < -0.3 is 19.9 Å². The average molecular weight is 371 g/mol. The first-order chi connectivity index (χ1) is 13.2. The van der Waals surface area contributed by atoms with Gasteiger partial charge in [0, 0.05) is 31.6 Å². The van der Waals surface area contributed by atoms with Gasteiger partial charge in [0.25, 0.3) is 5.91 Å². The zero-order chi connectivity index (χ0) is 18.6. The van der Waals surface area contributed by atoms with Crippen LogP contribution in [-0.2, 0) is 9.59 Å². The van der Waals surface area contributed by atoms with Crippen molar-refractivity contribution in [3.63, 3.8) is 0 Å². The molecule has 6 heteroatoms. The standard InChI is InChI=1S/C21H29N3O3/c25-20-15-27-19-8-2-1-7-18(19)24(20)12-4-11-23-13-9-17(10-14-23)22-21(26)16-5-3-6-16/h1-2,7-8,16-17H,3-6,9-15H2,(H,22,26). The van der Waals surface area contributed by atoms with Crippen LogP contribution >= 0.6 is 0 Å². The van der Waals surface area contributed by atoms with Gasteiger partial charge in [-0.15, -0.1) is 0 Å². The first-order valence-electron chi connectivity index (χ1n) is 10.3. The third-order valence-corrected chi connectivity index (χ3v) is 6.07. The molecule has 1 saturated heterocycles. The normalized spacial score (nSPS) is 21.3. The fourth-order valence-corrected chi connectivity index (χ4v) is 4.14. The average Bonchev–Trinajstić information content (AvgIpc) is 2.63. The lowest BCUT2D eigenvalue weighted by molar-refractivity contribution is -0.128. The number of hydrogen-bond donors (Lipinski definition) is 1. The Hall–Kier alpha value is -2.08. The van der Waals surface area contributed by atoms with Crippen LogP contribution in [0.25, 0.3) is 0 Å². The number of carbonyl (C=O) groups excluding carboxylic acids is 2. The maximum Gasteiger partial charge on any atom is 0.265 e. The van der Waals surface area contributed by atoms with E-state index in [1.54, 1.807) is 0 Å². The van der Waals surface area contributed by atoms with E-state index in [0.29, 0.717) is 6.04 Å². The van der Waals surface area contributed by atoms with Crippen LogP contribution in [-0.4, -0.2) is 55.5 Å². The largest absolute Gasteiger partial charge is 0.482 e. The van der Waals surface area contributed by atoms with E-state index in [0.717, 1.165) is 69.7 Å². The van der Waals surface area contributed by atoms with E-state index in [-0.39, 0.29) is 24.3 Å². The molecule has 27 heavy (non-hydrogen) atoms. The Bertz CT molecular complexity index is 681. The van der Waals surface area contributed by atoms with E-state index >= 15 is 0 Å². The third kappa shape index (κ3) is 4.26. The van der Waals surface area contributed by atoms with Crippen LogP contribution < -0.4 is 15.0 Å². The first-order valence-corrected chi connectivity index (χ1v) is 10.3.